The van der Waals surface area contributed by atoms with Crippen molar-refractivity contribution in [1.29, 1.82) is 0 Å². The van der Waals surface area contributed by atoms with Crippen molar-refractivity contribution < 1.29 is 9.53 Å². The first-order valence-corrected chi connectivity index (χ1v) is 10.7. The lowest BCUT2D eigenvalue weighted by Gasteiger charge is -2.34. The van der Waals surface area contributed by atoms with Gasteiger partial charge in [-0.05, 0) is 43.2 Å². The molecule has 2 aliphatic rings. The number of methoxy groups -OCH3 is 1. The lowest BCUT2D eigenvalue weighted by Crippen LogP contribution is -2.47. The van der Waals surface area contributed by atoms with Crippen LogP contribution in [0, 0.1) is 11.8 Å². The molecule has 0 spiro atoms. The van der Waals surface area contributed by atoms with E-state index in [-0.39, 0.29) is 5.91 Å². The van der Waals surface area contributed by atoms with Gasteiger partial charge in [-0.2, -0.15) is 0 Å². The highest BCUT2D eigenvalue weighted by atomic mass is 16.5. The molecule has 7 nitrogen and oxygen atoms in total. The molecule has 2 N–H and O–H groups in total. The molecule has 3 rings (SSSR count). The highest BCUT2D eigenvalue weighted by molar-refractivity contribution is 5.80. The number of nitrogens with one attached hydrogen (secondary N) is 2. The smallest absolute Gasteiger partial charge is 0.220 e. The first-order valence-electron chi connectivity index (χ1n) is 10.7. The molecular formula is C22H35N5O2. The summed E-state index contributed by atoms with van der Waals surface area (Å²) in [5.74, 6) is 3.12. The molecule has 1 amide bonds. The molecule has 7 heteroatoms. The van der Waals surface area contributed by atoms with E-state index in [4.69, 9.17) is 4.74 Å². The van der Waals surface area contributed by atoms with E-state index < -0.39 is 0 Å². The number of hydrogen-bond acceptors (Lipinski definition) is 4. The van der Waals surface area contributed by atoms with Crippen LogP contribution < -0.4 is 20.3 Å². The van der Waals surface area contributed by atoms with Gasteiger partial charge in [0.1, 0.15) is 5.75 Å². The van der Waals surface area contributed by atoms with Crippen molar-refractivity contribution in [2.75, 3.05) is 58.8 Å². The summed E-state index contributed by atoms with van der Waals surface area (Å²) in [4.78, 5) is 20.9. The predicted octanol–water partition coefficient (Wildman–Crippen LogP) is 1.94. The zero-order valence-electron chi connectivity index (χ0n) is 18.0. The minimum atomic E-state index is 0.146. The van der Waals surface area contributed by atoms with Crippen LogP contribution in [0.25, 0.3) is 0 Å². The fourth-order valence-electron chi connectivity index (χ4n) is 4.32. The number of benzene rings is 1. The number of aliphatic imine (C=N–C) groups is 1. The number of carbonyl (C=O) groups is 1. The molecule has 2 aliphatic heterocycles. The molecule has 1 unspecified atom stereocenters. The number of carbonyl (C=O) groups excluding carboxylic acids is 1. The van der Waals surface area contributed by atoms with Crippen LogP contribution in [0.4, 0.5) is 5.69 Å². The molecule has 0 aliphatic carbocycles. The van der Waals surface area contributed by atoms with Gasteiger partial charge in [0.05, 0.1) is 7.11 Å². The predicted molar refractivity (Wildman–Crippen MR) is 118 cm³/mol. The van der Waals surface area contributed by atoms with Gasteiger partial charge in [-0.15, -0.1) is 0 Å². The summed E-state index contributed by atoms with van der Waals surface area (Å²) in [6.45, 7) is 4.98. The Balaban J connectivity index is 1.44. The molecule has 2 heterocycles. The van der Waals surface area contributed by atoms with Crippen molar-refractivity contribution in [3.05, 3.63) is 24.3 Å². The summed E-state index contributed by atoms with van der Waals surface area (Å²) in [5.41, 5.74) is 1.23. The number of guanidine groups is 1. The lowest BCUT2D eigenvalue weighted by molar-refractivity contribution is -0.121. The third kappa shape index (κ3) is 5.78. The molecule has 1 atom stereocenters. The monoisotopic (exact) mass is 401 g/mol. The summed E-state index contributed by atoms with van der Waals surface area (Å²) in [5, 5.41) is 6.32. The lowest BCUT2D eigenvalue weighted by atomic mass is 9.93. The number of rotatable bonds is 6. The number of amides is 1. The van der Waals surface area contributed by atoms with Crippen LogP contribution >= 0.6 is 0 Å². The van der Waals surface area contributed by atoms with Crippen LogP contribution in [0.15, 0.2) is 29.3 Å². The molecule has 1 aromatic carbocycles. The van der Waals surface area contributed by atoms with Crippen molar-refractivity contribution in [2.24, 2.45) is 16.8 Å². The molecule has 1 aromatic rings. The van der Waals surface area contributed by atoms with Gasteiger partial charge in [0.2, 0.25) is 5.91 Å². The summed E-state index contributed by atoms with van der Waals surface area (Å²) in [6, 6.07) is 8.30. The van der Waals surface area contributed by atoms with Crippen molar-refractivity contribution in [3.63, 3.8) is 0 Å². The Morgan fingerprint density at radius 3 is 2.66 bits per heavy atom. The van der Waals surface area contributed by atoms with Crippen LogP contribution in [0.5, 0.6) is 5.75 Å². The molecule has 160 valence electrons. The minimum absolute atomic E-state index is 0.146. The first kappa shape index (κ1) is 21.3. The fourth-order valence-corrected chi connectivity index (χ4v) is 4.32. The van der Waals surface area contributed by atoms with Crippen LogP contribution in [0.3, 0.4) is 0 Å². The molecule has 0 bridgehead atoms. The maximum atomic E-state index is 11.6. The second-order valence-corrected chi connectivity index (χ2v) is 8.04. The maximum absolute atomic E-state index is 11.6. The zero-order valence-corrected chi connectivity index (χ0v) is 18.0. The quantitative estimate of drug-likeness (QED) is 0.563. The summed E-state index contributed by atoms with van der Waals surface area (Å²) >= 11 is 0. The van der Waals surface area contributed by atoms with Gasteiger partial charge in [-0.25, -0.2) is 0 Å². The van der Waals surface area contributed by atoms with Gasteiger partial charge < -0.3 is 25.2 Å². The number of anilines is 1. The third-order valence-electron chi connectivity index (χ3n) is 6.13. The highest BCUT2D eigenvalue weighted by Crippen LogP contribution is 2.27. The molecular weight excluding hydrogens is 366 g/mol. The molecule has 2 fully saturated rings. The molecule has 2 saturated heterocycles. The van der Waals surface area contributed by atoms with Crippen LogP contribution in [-0.4, -0.2) is 70.7 Å². The van der Waals surface area contributed by atoms with E-state index in [2.05, 4.69) is 43.6 Å². The highest BCUT2D eigenvalue weighted by Gasteiger charge is 2.26. The largest absolute Gasteiger partial charge is 0.497 e. The van der Waals surface area contributed by atoms with E-state index in [1.165, 1.54) is 12.1 Å². The number of ether oxygens (including phenoxy) is 1. The Morgan fingerprint density at radius 2 is 1.97 bits per heavy atom. The number of hydrogen-bond donors (Lipinski definition) is 2. The van der Waals surface area contributed by atoms with Gasteiger partial charge >= 0.3 is 0 Å². The number of likely N-dealkylation sites (tertiary alicyclic amines) is 1. The average Bonchev–Trinajstić information content (AvgIpc) is 3.24. The van der Waals surface area contributed by atoms with E-state index in [1.807, 2.05) is 13.1 Å². The summed E-state index contributed by atoms with van der Waals surface area (Å²) in [7, 11) is 5.28. The first-order chi connectivity index (χ1) is 14.1. The molecule has 0 radical (unpaired) electrons. The van der Waals surface area contributed by atoms with Crippen LogP contribution in [-0.2, 0) is 4.79 Å². The van der Waals surface area contributed by atoms with Crippen LogP contribution in [0.2, 0.25) is 0 Å². The van der Waals surface area contributed by atoms with E-state index in [9.17, 15) is 4.79 Å². The van der Waals surface area contributed by atoms with Gasteiger partial charge in [-0.3, -0.25) is 9.79 Å². The summed E-state index contributed by atoms with van der Waals surface area (Å²) in [6.07, 6.45) is 3.90. The Hall–Kier alpha value is -2.44. The van der Waals surface area contributed by atoms with Gasteiger partial charge in [0.25, 0.3) is 0 Å². The number of piperidine rings is 1. The second kappa shape index (κ2) is 10.4. The van der Waals surface area contributed by atoms with E-state index in [0.29, 0.717) is 18.3 Å². The van der Waals surface area contributed by atoms with Crippen molar-refractivity contribution in [3.8, 4) is 5.75 Å². The van der Waals surface area contributed by atoms with Crippen molar-refractivity contribution in [1.82, 2.24) is 15.5 Å². The van der Waals surface area contributed by atoms with Gasteiger partial charge in [0.15, 0.2) is 5.96 Å². The Labute approximate surface area is 174 Å². The fraction of sp³-hybridized carbons (Fsp3) is 0.636. The van der Waals surface area contributed by atoms with E-state index in [1.54, 1.807) is 14.2 Å². The summed E-state index contributed by atoms with van der Waals surface area (Å²) < 4.78 is 5.35. The van der Waals surface area contributed by atoms with Crippen molar-refractivity contribution in [2.45, 2.75) is 25.7 Å². The topological polar surface area (TPSA) is 69.2 Å². The number of nitrogens with zero attached hydrogens (tertiary/aromatic N) is 3. The molecule has 0 aromatic heterocycles. The van der Waals surface area contributed by atoms with Gasteiger partial charge in [0, 0.05) is 65.0 Å². The second-order valence-electron chi connectivity index (χ2n) is 8.04. The zero-order chi connectivity index (χ0) is 20.6. The molecule has 29 heavy (non-hydrogen) atoms. The molecule has 0 saturated carbocycles. The van der Waals surface area contributed by atoms with E-state index in [0.717, 1.165) is 57.3 Å². The van der Waals surface area contributed by atoms with Crippen LogP contribution in [0.1, 0.15) is 25.7 Å². The Kier molecular flexibility index (Phi) is 7.61. The minimum Gasteiger partial charge on any atom is -0.497 e. The van der Waals surface area contributed by atoms with Crippen molar-refractivity contribution >= 4 is 17.6 Å². The third-order valence-corrected chi connectivity index (χ3v) is 6.13. The Bertz CT molecular complexity index is 700. The standard InChI is InChI=1S/C22H35N5O2/c1-23-21(28)13-17-7-10-26(11-8-17)22(24-2)25-15-18-9-12-27(16-18)19-5-4-6-20(14-19)29-3/h4-6,14,17-18H,7-13,15-16H2,1-3H3,(H,23,28)(H,24,25). The van der Waals surface area contributed by atoms with Gasteiger partial charge in [-0.1, -0.05) is 6.07 Å². The Morgan fingerprint density at radius 1 is 1.21 bits per heavy atom. The SMILES string of the molecule is CN=C(NCC1CCN(c2cccc(OC)c2)C1)N1CCC(CC(=O)NC)CC1. The van der Waals surface area contributed by atoms with E-state index >= 15 is 0 Å². The normalized spacial score (nSPS) is 20.7. The maximum Gasteiger partial charge on any atom is 0.220 e. The average molecular weight is 402 g/mol.